The fraction of sp³-hybridized carbons (Fsp3) is 0.200. The number of hydrogen-bond acceptors (Lipinski definition) is 1. The Bertz CT molecular complexity index is 601. The van der Waals surface area contributed by atoms with Gasteiger partial charge in [0.15, 0.2) is 0 Å². The summed E-state index contributed by atoms with van der Waals surface area (Å²) in [6.45, 7) is 1.99. The Hall–Kier alpha value is -0.900. The van der Waals surface area contributed by atoms with Crippen LogP contribution in [0.25, 0.3) is 0 Å². The Morgan fingerprint density at radius 2 is 2.00 bits per heavy atom. The molecule has 0 radical (unpaired) electrons. The molecule has 2 rings (SSSR count). The summed E-state index contributed by atoms with van der Waals surface area (Å²) in [5.41, 5.74) is 9.15. The Labute approximate surface area is 125 Å². The summed E-state index contributed by atoms with van der Waals surface area (Å²) in [5, 5.41) is 0.719. The predicted octanol–water partition coefficient (Wildman–Crippen LogP) is 4.79. The topological polar surface area (TPSA) is 26.0 Å². The first-order valence-corrected chi connectivity index (χ1v) is 7.10. The van der Waals surface area contributed by atoms with Crippen molar-refractivity contribution in [3.05, 3.63) is 68.4 Å². The maximum atomic E-state index is 13.2. The molecule has 0 aromatic heterocycles. The van der Waals surface area contributed by atoms with Gasteiger partial charge in [0.2, 0.25) is 0 Å². The molecule has 1 nitrogen and oxygen atoms in total. The van der Waals surface area contributed by atoms with E-state index in [0.717, 1.165) is 21.7 Å². The molecule has 0 spiro atoms. The van der Waals surface area contributed by atoms with E-state index in [1.54, 1.807) is 12.1 Å². The zero-order valence-electron chi connectivity index (χ0n) is 10.5. The highest BCUT2D eigenvalue weighted by Crippen LogP contribution is 2.25. The van der Waals surface area contributed by atoms with E-state index in [1.165, 1.54) is 6.07 Å². The molecule has 0 bridgehead atoms. The molecular formula is C15H14BrClFN. The molecule has 0 aliphatic carbocycles. The lowest BCUT2D eigenvalue weighted by atomic mass is 9.99. The minimum absolute atomic E-state index is 0.211. The molecule has 0 aliphatic rings. The van der Waals surface area contributed by atoms with Crippen molar-refractivity contribution >= 4 is 27.5 Å². The van der Waals surface area contributed by atoms with Crippen molar-refractivity contribution in [1.82, 2.24) is 0 Å². The molecule has 0 heterocycles. The van der Waals surface area contributed by atoms with E-state index in [1.807, 2.05) is 25.1 Å². The largest absolute Gasteiger partial charge is 0.324 e. The van der Waals surface area contributed by atoms with Gasteiger partial charge in [0.1, 0.15) is 5.82 Å². The van der Waals surface area contributed by atoms with Crippen LogP contribution in [0.2, 0.25) is 5.02 Å². The zero-order valence-corrected chi connectivity index (χ0v) is 12.8. The Balaban J connectivity index is 2.20. The highest BCUT2D eigenvalue weighted by molar-refractivity contribution is 9.10. The number of nitrogens with two attached hydrogens (primary N) is 1. The second-order valence-corrected chi connectivity index (χ2v) is 5.84. The van der Waals surface area contributed by atoms with Crippen LogP contribution >= 0.6 is 27.5 Å². The summed E-state index contributed by atoms with van der Waals surface area (Å²) < 4.78 is 13.6. The summed E-state index contributed by atoms with van der Waals surface area (Å²) in [5.74, 6) is -0.288. The van der Waals surface area contributed by atoms with Crippen molar-refractivity contribution in [2.45, 2.75) is 19.4 Å². The van der Waals surface area contributed by atoms with Gasteiger partial charge < -0.3 is 5.73 Å². The van der Waals surface area contributed by atoms with Gasteiger partial charge in [0, 0.05) is 11.1 Å². The summed E-state index contributed by atoms with van der Waals surface area (Å²) in [4.78, 5) is 0. The molecule has 2 aromatic carbocycles. The lowest BCUT2D eigenvalue weighted by molar-refractivity contribution is 0.617. The molecule has 0 saturated heterocycles. The summed E-state index contributed by atoms with van der Waals surface area (Å²) in [6.07, 6.45) is 0.622. The van der Waals surface area contributed by atoms with Crippen molar-refractivity contribution in [3.63, 3.8) is 0 Å². The number of halogens is 3. The van der Waals surface area contributed by atoms with E-state index in [9.17, 15) is 4.39 Å². The quantitative estimate of drug-likeness (QED) is 0.852. The third kappa shape index (κ3) is 3.56. The van der Waals surface area contributed by atoms with Crippen LogP contribution in [0.4, 0.5) is 4.39 Å². The first-order chi connectivity index (χ1) is 8.97. The minimum atomic E-state index is -0.288. The minimum Gasteiger partial charge on any atom is -0.324 e. The van der Waals surface area contributed by atoms with Crippen LogP contribution in [-0.2, 0) is 6.42 Å². The average Bonchev–Trinajstić information content (AvgIpc) is 2.36. The van der Waals surface area contributed by atoms with Gasteiger partial charge in [-0.2, -0.15) is 0 Å². The van der Waals surface area contributed by atoms with E-state index in [4.69, 9.17) is 17.3 Å². The molecular weight excluding hydrogens is 329 g/mol. The molecule has 100 valence electrons. The maximum absolute atomic E-state index is 13.2. The van der Waals surface area contributed by atoms with Crippen molar-refractivity contribution < 1.29 is 4.39 Å². The van der Waals surface area contributed by atoms with Gasteiger partial charge in [-0.15, -0.1) is 0 Å². The number of rotatable bonds is 3. The van der Waals surface area contributed by atoms with Crippen molar-refractivity contribution in [3.8, 4) is 0 Å². The van der Waals surface area contributed by atoms with Crippen LogP contribution in [0.5, 0.6) is 0 Å². The Morgan fingerprint density at radius 1 is 1.26 bits per heavy atom. The summed E-state index contributed by atoms with van der Waals surface area (Å²) in [7, 11) is 0. The Morgan fingerprint density at radius 3 is 2.63 bits per heavy atom. The first-order valence-electron chi connectivity index (χ1n) is 5.93. The van der Waals surface area contributed by atoms with Crippen molar-refractivity contribution in [2.24, 2.45) is 5.73 Å². The number of hydrogen-bond donors (Lipinski definition) is 1. The lowest BCUT2D eigenvalue weighted by Crippen LogP contribution is -2.13. The maximum Gasteiger partial charge on any atom is 0.137 e. The van der Waals surface area contributed by atoms with Gasteiger partial charge in [-0.3, -0.25) is 0 Å². The normalized spacial score (nSPS) is 12.5. The van der Waals surface area contributed by atoms with Crippen LogP contribution < -0.4 is 5.73 Å². The fourth-order valence-electron chi connectivity index (χ4n) is 1.92. The van der Waals surface area contributed by atoms with E-state index < -0.39 is 0 Å². The monoisotopic (exact) mass is 341 g/mol. The van der Waals surface area contributed by atoms with Gasteiger partial charge in [0.05, 0.1) is 4.47 Å². The second kappa shape index (κ2) is 6.04. The van der Waals surface area contributed by atoms with Gasteiger partial charge in [-0.25, -0.2) is 4.39 Å². The average molecular weight is 343 g/mol. The van der Waals surface area contributed by atoms with E-state index in [0.29, 0.717) is 10.9 Å². The van der Waals surface area contributed by atoms with Crippen molar-refractivity contribution in [2.75, 3.05) is 0 Å². The molecule has 1 atom stereocenters. The van der Waals surface area contributed by atoms with Gasteiger partial charge in [-0.1, -0.05) is 29.8 Å². The van der Waals surface area contributed by atoms with Gasteiger partial charge >= 0.3 is 0 Å². The highest BCUT2D eigenvalue weighted by Gasteiger charge is 2.11. The number of benzene rings is 2. The lowest BCUT2D eigenvalue weighted by Gasteiger charge is -2.14. The van der Waals surface area contributed by atoms with Crippen LogP contribution in [0.15, 0.2) is 40.9 Å². The van der Waals surface area contributed by atoms with Crippen LogP contribution in [0.1, 0.15) is 22.7 Å². The SMILES string of the molecule is Cc1ccc(CC(N)c2ccc(F)c(Br)c2)c(Cl)c1. The van der Waals surface area contributed by atoms with E-state index in [-0.39, 0.29) is 11.9 Å². The molecule has 1 unspecified atom stereocenters. The molecule has 0 saturated carbocycles. The van der Waals surface area contributed by atoms with Crippen molar-refractivity contribution in [1.29, 1.82) is 0 Å². The molecule has 4 heteroatoms. The molecule has 2 aromatic rings. The molecule has 19 heavy (non-hydrogen) atoms. The van der Waals surface area contributed by atoms with Gasteiger partial charge in [-0.05, 0) is 64.2 Å². The van der Waals surface area contributed by atoms with Gasteiger partial charge in [0.25, 0.3) is 0 Å². The molecule has 0 fully saturated rings. The zero-order chi connectivity index (χ0) is 14.0. The molecule has 0 amide bonds. The molecule has 0 aliphatic heterocycles. The van der Waals surface area contributed by atoms with Crippen LogP contribution in [0.3, 0.4) is 0 Å². The van der Waals surface area contributed by atoms with Crippen LogP contribution in [-0.4, -0.2) is 0 Å². The standard InChI is InChI=1S/C15H14BrClFN/c1-9-2-3-10(13(17)6-9)8-15(19)11-4-5-14(18)12(16)7-11/h2-7,15H,8,19H2,1H3. The Kier molecular flexibility index (Phi) is 4.61. The van der Waals surface area contributed by atoms with Crippen LogP contribution in [0, 0.1) is 12.7 Å². The summed E-state index contributed by atoms with van der Waals surface area (Å²) in [6, 6.07) is 10.5. The highest BCUT2D eigenvalue weighted by atomic mass is 79.9. The fourth-order valence-corrected chi connectivity index (χ4v) is 2.62. The first kappa shape index (κ1) is 14.5. The van der Waals surface area contributed by atoms with E-state index in [2.05, 4.69) is 15.9 Å². The van der Waals surface area contributed by atoms with E-state index >= 15 is 0 Å². The summed E-state index contributed by atoms with van der Waals surface area (Å²) >= 11 is 9.36. The number of aryl methyl sites for hydroxylation is 1. The third-order valence-electron chi connectivity index (χ3n) is 3.02. The predicted molar refractivity (Wildman–Crippen MR) is 80.9 cm³/mol. The third-order valence-corrected chi connectivity index (χ3v) is 3.98. The second-order valence-electron chi connectivity index (χ2n) is 4.58. The smallest absolute Gasteiger partial charge is 0.137 e. The molecule has 2 N–H and O–H groups in total.